The second-order valence-corrected chi connectivity index (χ2v) is 9.10. The summed E-state index contributed by atoms with van der Waals surface area (Å²) in [6.07, 6.45) is 22.9. The fraction of sp³-hybridized carbons (Fsp3) is 1.00. The van der Waals surface area contributed by atoms with Gasteiger partial charge in [-0.2, -0.15) is 11.8 Å². The zero-order chi connectivity index (χ0) is 17.3. The van der Waals surface area contributed by atoms with Gasteiger partial charge in [0.05, 0.1) is 0 Å². The van der Waals surface area contributed by atoms with Crippen LogP contribution in [0.3, 0.4) is 0 Å². The molecule has 1 rings (SSSR count). The van der Waals surface area contributed by atoms with E-state index >= 15 is 0 Å². The number of hydrogen-bond acceptors (Lipinski definition) is 2. The fourth-order valence-electron chi connectivity index (χ4n) is 3.54. The molecule has 0 heterocycles. The smallest absolute Gasteiger partial charge is 0.0469 e. The van der Waals surface area contributed by atoms with Crippen LogP contribution < -0.4 is 0 Å². The van der Waals surface area contributed by atoms with E-state index in [9.17, 15) is 5.11 Å². The minimum Gasteiger partial charge on any atom is -0.396 e. The predicted octanol–water partition coefficient (Wildman–Crippen LogP) is 7.22. The quantitative estimate of drug-likeness (QED) is 0.246. The summed E-state index contributed by atoms with van der Waals surface area (Å²) in [5.41, 5.74) is 0. The van der Waals surface area contributed by atoms with Crippen LogP contribution in [0.5, 0.6) is 0 Å². The van der Waals surface area contributed by atoms with Gasteiger partial charge in [0.2, 0.25) is 0 Å². The zero-order valence-corrected chi connectivity index (χ0v) is 17.3. The van der Waals surface area contributed by atoms with Crippen molar-refractivity contribution in [3.8, 4) is 0 Å². The van der Waals surface area contributed by atoms with Crippen molar-refractivity contribution >= 4 is 11.8 Å². The van der Waals surface area contributed by atoms with E-state index in [1.807, 2.05) is 0 Å². The molecule has 0 aromatic heterocycles. The van der Waals surface area contributed by atoms with Gasteiger partial charge in [-0.3, -0.25) is 0 Å². The van der Waals surface area contributed by atoms with E-state index < -0.39 is 0 Å². The van der Waals surface area contributed by atoms with Gasteiger partial charge in [0.25, 0.3) is 0 Å². The monoisotopic (exact) mass is 356 g/mol. The highest BCUT2D eigenvalue weighted by atomic mass is 32.2. The van der Waals surface area contributed by atoms with Crippen LogP contribution in [-0.2, 0) is 0 Å². The van der Waals surface area contributed by atoms with Gasteiger partial charge in [0, 0.05) is 6.61 Å². The first kappa shape index (κ1) is 22.4. The lowest BCUT2D eigenvalue weighted by molar-refractivity contribution is 0.225. The maximum Gasteiger partial charge on any atom is 0.0469 e. The van der Waals surface area contributed by atoms with Gasteiger partial charge in [-0.15, -0.1) is 0 Å². The molecule has 1 N–H and O–H groups in total. The first-order valence-electron chi connectivity index (χ1n) is 11.1. The number of aliphatic hydroxyl groups excluding tert-OH is 1. The molecule has 0 saturated heterocycles. The SMILES string of the molecule is CCCCCCCCCCCCCCCCSCC(CO)C1CC1. The Hall–Kier alpha value is 0.310. The third-order valence-electron chi connectivity index (χ3n) is 5.50. The van der Waals surface area contributed by atoms with Gasteiger partial charge in [-0.1, -0.05) is 90.4 Å². The highest BCUT2D eigenvalue weighted by Gasteiger charge is 2.30. The lowest BCUT2D eigenvalue weighted by Crippen LogP contribution is -2.11. The third-order valence-corrected chi connectivity index (χ3v) is 6.74. The van der Waals surface area contributed by atoms with Crippen molar-refractivity contribution in [1.29, 1.82) is 0 Å². The molecule has 0 spiro atoms. The molecule has 2 heteroatoms. The lowest BCUT2D eigenvalue weighted by atomic mass is 10.0. The van der Waals surface area contributed by atoms with Crippen molar-refractivity contribution in [3.05, 3.63) is 0 Å². The molecule has 1 aliphatic carbocycles. The van der Waals surface area contributed by atoms with Crippen molar-refractivity contribution in [1.82, 2.24) is 0 Å². The van der Waals surface area contributed by atoms with Crippen molar-refractivity contribution in [3.63, 3.8) is 0 Å². The summed E-state index contributed by atoms with van der Waals surface area (Å²) in [5.74, 6) is 3.96. The molecule has 0 amide bonds. The summed E-state index contributed by atoms with van der Waals surface area (Å²) in [7, 11) is 0. The highest BCUT2D eigenvalue weighted by molar-refractivity contribution is 7.99. The molecule has 1 saturated carbocycles. The van der Waals surface area contributed by atoms with Crippen molar-refractivity contribution < 1.29 is 5.11 Å². The van der Waals surface area contributed by atoms with Gasteiger partial charge >= 0.3 is 0 Å². The van der Waals surface area contributed by atoms with Crippen LogP contribution in [0, 0.1) is 11.8 Å². The van der Waals surface area contributed by atoms with E-state index in [2.05, 4.69) is 18.7 Å². The van der Waals surface area contributed by atoms with E-state index in [4.69, 9.17) is 0 Å². The fourth-order valence-corrected chi connectivity index (χ4v) is 4.79. The minimum atomic E-state index is 0.413. The number of rotatable bonds is 19. The van der Waals surface area contributed by atoms with Crippen LogP contribution in [0.1, 0.15) is 110 Å². The molecule has 1 fully saturated rings. The lowest BCUT2D eigenvalue weighted by Gasteiger charge is -2.12. The Morgan fingerprint density at radius 2 is 1.21 bits per heavy atom. The maximum absolute atomic E-state index is 9.35. The molecule has 1 nitrogen and oxygen atoms in total. The van der Waals surface area contributed by atoms with E-state index in [0.29, 0.717) is 12.5 Å². The molecule has 1 atom stereocenters. The third kappa shape index (κ3) is 13.6. The molecular formula is C22H44OS. The Bertz CT molecular complexity index is 252. The molecule has 1 aliphatic rings. The molecule has 0 bridgehead atoms. The highest BCUT2D eigenvalue weighted by Crippen LogP contribution is 2.38. The molecule has 0 radical (unpaired) electrons. The number of aliphatic hydroxyl groups is 1. The standard InChI is InChI=1S/C22H44OS/c1-2-3-4-5-6-7-8-9-10-11-12-13-14-15-18-24-20-22(19-23)21-16-17-21/h21-23H,2-20H2,1H3. The van der Waals surface area contributed by atoms with Crippen LogP contribution in [0.15, 0.2) is 0 Å². The maximum atomic E-state index is 9.35. The largest absolute Gasteiger partial charge is 0.396 e. The Labute approximate surface area is 156 Å². The summed E-state index contributed by atoms with van der Waals surface area (Å²) in [6.45, 7) is 2.71. The van der Waals surface area contributed by atoms with Crippen LogP contribution in [0.2, 0.25) is 0 Å². The summed E-state index contributed by atoms with van der Waals surface area (Å²) < 4.78 is 0. The molecule has 144 valence electrons. The first-order chi connectivity index (χ1) is 11.9. The summed E-state index contributed by atoms with van der Waals surface area (Å²) in [5, 5.41) is 9.35. The second kappa shape index (κ2) is 16.8. The average Bonchev–Trinajstić information content (AvgIpc) is 3.43. The number of unbranched alkanes of at least 4 members (excludes halogenated alkanes) is 13. The molecule has 0 aromatic carbocycles. The number of hydrogen-bond donors (Lipinski definition) is 1. The van der Waals surface area contributed by atoms with Crippen LogP contribution in [-0.4, -0.2) is 23.2 Å². The predicted molar refractivity (Wildman–Crippen MR) is 111 cm³/mol. The molecule has 0 aliphatic heterocycles. The number of thioether (sulfide) groups is 1. The molecule has 24 heavy (non-hydrogen) atoms. The molecular weight excluding hydrogens is 312 g/mol. The van der Waals surface area contributed by atoms with Gasteiger partial charge in [-0.05, 0) is 42.6 Å². The van der Waals surface area contributed by atoms with Crippen molar-refractivity contribution in [2.75, 3.05) is 18.1 Å². The minimum absolute atomic E-state index is 0.413. The first-order valence-corrected chi connectivity index (χ1v) is 12.2. The van der Waals surface area contributed by atoms with Gasteiger partial charge in [-0.25, -0.2) is 0 Å². The van der Waals surface area contributed by atoms with E-state index in [1.165, 1.54) is 114 Å². The van der Waals surface area contributed by atoms with Crippen LogP contribution in [0.4, 0.5) is 0 Å². The van der Waals surface area contributed by atoms with Gasteiger partial charge in [0.15, 0.2) is 0 Å². The Kier molecular flexibility index (Phi) is 15.6. The van der Waals surface area contributed by atoms with Gasteiger partial charge in [0.1, 0.15) is 0 Å². The Morgan fingerprint density at radius 3 is 1.62 bits per heavy atom. The Morgan fingerprint density at radius 1 is 0.750 bits per heavy atom. The van der Waals surface area contributed by atoms with E-state index in [0.717, 1.165) is 5.92 Å². The van der Waals surface area contributed by atoms with E-state index in [-0.39, 0.29) is 0 Å². The van der Waals surface area contributed by atoms with Crippen LogP contribution >= 0.6 is 11.8 Å². The second-order valence-electron chi connectivity index (χ2n) is 7.95. The Balaban J connectivity index is 1.67. The average molecular weight is 357 g/mol. The van der Waals surface area contributed by atoms with Crippen molar-refractivity contribution in [2.24, 2.45) is 11.8 Å². The normalized spacial score (nSPS) is 15.8. The topological polar surface area (TPSA) is 20.2 Å². The summed E-state index contributed by atoms with van der Waals surface area (Å²) in [6, 6.07) is 0. The van der Waals surface area contributed by atoms with E-state index in [1.54, 1.807) is 0 Å². The molecule has 1 unspecified atom stereocenters. The molecule has 0 aromatic rings. The van der Waals surface area contributed by atoms with Gasteiger partial charge < -0.3 is 5.11 Å². The summed E-state index contributed by atoms with van der Waals surface area (Å²) in [4.78, 5) is 0. The zero-order valence-electron chi connectivity index (χ0n) is 16.4. The van der Waals surface area contributed by atoms with Crippen LogP contribution in [0.25, 0.3) is 0 Å². The van der Waals surface area contributed by atoms with Crippen molar-refractivity contribution in [2.45, 2.75) is 110 Å². The summed E-state index contributed by atoms with van der Waals surface area (Å²) >= 11 is 2.08.